The van der Waals surface area contributed by atoms with Crippen molar-refractivity contribution < 1.29 is 9.59 Å². The van der Waals surface area contributed by atoms with E-state index < -0.39 is 11.8 Å². The van der Waals surface area contributed by atoms with E-state index in [0.29, 0.717) is 6.54 Å². The number of hydrogen-bond acceptors (Lipinski definition) is 2. The second-order valence-corrected chi connectivity index (χ2v) is 4.68. The van der Waals surface area contributed by atoms with Crippen LogP contribution in [-0.2, 0) is 9.59 Å². The second kappa shape index (κ2) is 7.56. The molecule has 2 N–H and O–H groups in total. The highest BCUT2D eigenvalue weighted by atomic mass is 16.2. The van der Waals surface area contributed by atoms with Gasteiger partial charge in [0.15, 0.2) is 0 Å². The van der Waals surface area contributed by atoms with Gasteiger partial charge in [-0.2, -0.15) is 0 Å². The Morgan fingerprint density at radius 2 is 1.68 bits per heavy atom. The average molecular weight is 262 g/mol. The van der Waals surface area contributed by atoms with E-state index in [2.05, 4.69) is 17.6 Å². The lowest BCUT2D eigenvalue weighted by molar-refractivity contribution is -0.136. The minimum absolute atomic E-state index is 0.548. The Hall–Kier alpha value is -1.84. The molecule has 1 rings (SSSR count). The van der Waals surface area contributed by atoms with E-state index in [0.717, 1.165) is 36.1 Å². The minimum Gasteiger partial charge on any atom is -0.348 e. The lowest BCUT2D eigenvalue weighted by atomic mass is 10.1. The van der Waals surface area contributed by atoms with Gasteiger partial charge in [-0.15, -0.1) is 0 Å². The van der Waals surface area contributed by atoms with E-state index in [1.807, 2.05) is 32.0 Å². The third kappa shape index (κ3) is 4.73. The van der Waals surface area contributed by atoms with Crippen LogP contribution in [0.25, 0.3) is 0 Å². The largest absolute Gasteiger partial charge is 0.348 e. The summed E-state index contributed by atoms with van der Waals surface area (Å²) in [6.07, 6.45) is 3.04. The second-order valence-electron chi connectivity index (χ2n) is 4.68. The van der Waals surface area contributed by atoms with Gasteiger partial charge in [0, 0.05) is 12.2 Å². The van der Waals surface area contributed by atoms with Crippen molar-refractivity contribution in [3.8, 4) is 0 Å². The summed E-state index contributed by atoms with van der Waals surface area (Å²) in [4.78, 5) is 23.4. The van der Waals surface area contributed by atoms with Gasteiger partial charge in [0.2, 0.25) is 0 Å². The molecule has 0 fully saturated rings. The van der Waals surface area contributed by atoms with Gasteiger partial charge in [-0.3, -0.25) is 9.59 Å². The number of amides is 2. The minimum atomic E-state index is -0.603. The molecular weight excluding hydrogens is 240 g/mol. The SMILES string of the molecule is CCCCCNC(=O)C(=O)Nc1c(C)cccc1C. The van der Waals surface area contributed by atoms with E-state index >= 15 is 0 Å². The van der Waals surface area contributed by atoms with E-state index in [-0.39, 0.29) is 0 Å². The summed E-state index contributed by atoms with van der Waals surface area (Å²) in [5.41, 5.74) is 2.62. The standard InChI is InChI=1S/C15H22N2O2/c1-4-5-6-10-16-14(18)15(19)17-13-11(2)8-7-9-12(13)3/h7-9H,4-6,10H2,1-3H3,(H,16,18)(H,17,19). The molecule has 0 spiro atoms. The highest BCUT2D eigenvalue weighted by molar-refractivity contribution is 6.39. The van der Waals surface area contributed by atoms with Crippen LogP contribution in [0.3, 0.4) is 0 Å². The first-order valence-electron chi connectivity index (χ1n) is 6.71. The molecule has 0 saturated carbocycles. The van der Waals surface area contributed by atoms with Crippen molar-refractivity contribution in [3.63, 3.8) is 0 Å². The summed E-state index contributed by atoms with van der Waals surface area (Å²) < 4.78 is 0. The topological polar surface area (TPSA) is 58.2 Å². The summed E-state index contributed by atoms with van der Waals surface area (Å²) >= 11 is 0. The Labute approximate surface area is 114 Å². The molecule has 0 atom stereocenters. The van der Waals surface area contributed by atoms with Crippen LogP contribution in [-0.4, -0.2) is 18.4 Å². The molecule has 2 amide bonds. The lowest BCUT2D eigenvalue weighted by Crippen LogP contribution is -2.36. The molecule has 0 radical (unpaired) electrons. The van der Waals surface area contributed by atoms with Crippen LogP contribution < -0.4 is 10.6 Å². The number of para-hydroxylation sites is 1. The summed E-state index contributed by atoms with van der Waals surface area (Å²) in [5.74, 6) is -1.17. The number of nitrogens with one attached hydrogen (secondary N) is 2. The van der Waals surface area contributed by atoms with Crippen LogP contribution in [0.2, 0.25) is 0 Å². The molecular formula is C15H22N2O2. The van der Waals surface area contributed by atoms with Gasteiger partial charge in [0.05, 0.1) is 0 Å². The maximum Gasteiger partial charge on any atom is 0.313 e. The maximum absolute atomic E-state index is 11.8. The molecule has 104 valence electrons. The first kappa shape index (κ1) is 15.2. The molecule has 4 heteroatoms. The Morgan fingerprint density at radius 1 is 1.05 bits per heavy atom. The summed E-state index contributed by atoms with van der Waals surface area (Å²) in [7, 11) is 0. The Bertz CT molecular complexity index is 435. The van der Waals surface area contributed by atoms with Gasteiger partial charge >= 0.3 is 11.8 Å². The summed E-state index contributed by atoms with van der Waals surface area (Å²) in [6, 6.07) is 5.73. The number of anilines is 1. The van der Waals surface area contributed by atoms with Gasteiger partial charge in [-0.1, -0.05) is 38.0 Å². The van der Waals surface area contributed by atoms with Crippen molar-refractivity contribution in [3.05, 3.63) is 29.3 Å². The third-order valence-corrected chi connectivity index (χ3v) is 2.99. The van der Waals surface area contributed by atoms with Gasteiger partial charge < -0.3 is 10.6 Å². The van der Waals surface area contributed by atoms with Gasteiger partial charge in [-0.05, 0) is 31.4 Å². The Kier molecular flexibility index (Phi) is 6.06. The average Bonchev–Trinajstić information content (AvgIpc) is 2.38. The van der Waals surface area contributed by atoms with Crippen molar-refractivity contribution in [2.75, 3.05) is 11.9 Å². The predicted molar refractivity (Wildman–Crippen MR) is 77.1 cm³/mol. The first-order valence-corrected chi connectivity index (χ1v) is 6.71. The molecule has 0 aliphatic rings. The number of rotatable bonds is 5. The molecule has 4 nitrogen and oxygen atoms in total. The molecule has 0 aromatic heterocycles. The van der Waals surface area contributed by atoms with E-state index in [4.69, 9.17) is 0 Å². The number of benzene rings is 1. The number of unbranched alkanes of at least 4 members (excludes halogenated alkanes) is 2. The number of carbonyl (C=O) groups is 2. The smallest absolute Gasteiger partial charge is 0.313 e. The fraction of sp³-hybridized carbons (Fsp3) is 0.467. The van der Waals surface area contributed by atoms with Crippen molar-refractivity contribution in [2.24, 2.45) is 0 Å². The lowest BCUT2D eigenvalue weighted by Gasteiger charge is -2.11. The molecule has 1 aromatic rings. The first-order chi connectivity index (χ1) is 9.06. The quantitative estimate of drug-likeness (QED) is 0.633. The zero-order chi connectivity index (χ0) is 14.3. The summed E-state index contributed by atoms with van der Waals surface area (Å²) in [6.45, 7) is 6.45. The van der Waals surface area contributed by atoms with Crippen LogP contribution in [0.1, 0.15) is 37.3 Å². The normalized spacial score (nSPS) is 10.1. The molecule has 19 heavy (non-hydrogen) atoms. The van der Waals surface area contributed by atoms with Crippen molar-refractivity contribution >= 4 is 17.5 Å². The highest BCUT2D eigenvalue weighted by Gasteiger charge is 2.14. The number of hydrogen-bond donors (Lipinski definition) is 2. The highest BCUT2D eigenvalue weighted by Crippen LogP contribution is 2.19. The van der Waals surface area contributed by atoms with E-state index in [1.54, 1.807) is 0 Å². The monoisotopic (exact) mass is 262 g/mol. The molecule has 0 aliphatic carbocycles. The molecule has 1 aromatic carbocycles. The fourth-order valence-electron chi connectivity index (χ4n) is 1.84. The Morgan fingerprint density at radius 3 is 2.26 bits per heavy atom. The van der Waals surface area contributed by atoms with Gasteiger partial charge in [-0.25, -0.2) is 0 Å². The Balaban J connectivity index is 2.52. The van der Waals surface area contributed by atoms with Gasteiger partial charge in [0.1, 0.15) is 0 Å². The van der Waals surface area contributed by atoms with Crippen LogP contribution >= 0.6 is 0 Å². The maximum atomic E-state index is 11.8. The zero-order valence-electron chi connectivity index (χ0n) is 11.9. The van der Waals surface area contributed by atoms with Crippen LogP contribution in [0.4, 0.5) is 5.69 Å². The predicted octanol–water partition coefficient (Wildman–Crippen LogP) is 2.55. The molecule has 0 unspecified atom stereocenters. The van der Waals surface area contributed by atoms with Crippen LogP contribution in [0, 0.1) is 13.8 Å². The summed E-state index contributed by atoms with van der Waals surface area (Å²) in [5, 5.41) is 5.29. The van der Waals surface area contributed by atoms with E-state index in [1.165, 1.54) is 0 Å². The number of aryl methyl sites for hydroxylation is 2. The third-order valence-electron chi connectivity index (χ3n) is 2.99. The van der Waals surface area contributed by atoms with Crippen molar-refractivity contribution in [1.82, 2.24) is 5.32 Å². The van der Waals surface area contributed by atoms with Gasteiger partial charge in [0.25, 0.3) is 0 Å². The van der Waals surface area contributed by atoms with E-state index in [9.17, 15) is 9.59 Å². The van der Waals surface area contributed by atoms with Crippen molar-refractivity contribution in [2.45, 2.75) is 40.0 Å². The van der Waals surface area contributed by atoms with Crippen LogP contribution in [0.15, 0.2) is 18.2 Å². The molecule has 0 saturated heterocycles. The zero-order valence-corrected chi connectivity index (χ0v) is 11.9. The fourth-order valence-corrected chi connectivity index (χ4v) is 1.84. The number of carbonyl (C=O) groups excluding carboxylic acids is 2. The van der Waals surface area contributed by atoms with Crippen molar-refractivity contribution in [1.29, 1.82) is 0 Å². The molecule has 0 aliphatic heterocycles. The molecule has 0 bridgehead atoms. The molecule has 0 heterocycles. The van der Waals surface area contributed by atoms with Crippen LogP contribution in [0.5, 0.6) is 0 Å².